The molecule has 0 aromatic heterocycles. The Morgan fingerprint density at radius 1 is 1.00 bits per heavy atom. The Morgan fingerprint density at radius 3 is 2.46 bits per heavy atom. The minimum atomic E-state index is -0.938. The first-order chi connectivity index (χ1) is 18.7. The van der Waals surface area contributed by atoms with Crippen LogP contribution in [0.1, 0.15) is 23.6 Å². The molecular formula is C29H26FN3O6. The second-order valence-corrected chi connectivity index (χ2v) is 8.66. The van der Waals surface area contributed by atoms with E-state index in [0.717, 1.165) is 28.2 Å². The molecule has 0 spiro atoms. The fraction of sp³-hybridized carbons (Fsp3) is 0.172. The number of aryl methyl sites for hydroxylation is 1. The Labute approximate surface area is 224 Å². The summed E-state index contributed by atoms with van der Waals surface area (Å²) in [6, 6.07) is 14.1. The van der Waals surface area contributed by atoms with Crippen molar-refractivity contribution >= 4 is 41.2 Å². The summed E-state index contributed by atoms with van der Waals surface area (Å²) in [6.45, 7) is 5.65. The summed E-state index contributed by atoms with van der Waals surface area (Å²) < 4.78 is 24.7. The number of anilines is 2. The van der Waals surface area contributed by atoms with Gasteiger partial charge >= 0.3 is 6.03 Å². The van der Waals surface area contributed by atoms with Crippen LogP contribution in [0.5, 0.6) is 11.5 Å². The zero-order valence-corrected chi connectivity index (χ0v) is 21.5. The number of halogens is 1. The maximum Gasteiger partial charge on any atom is 0.335 e. The van der Waals surface area contributed by atoms with Gasteiger partial charge in [-0.1, -0.05) is 18.2 Å². The quantitative estimate of drug-likeness (QED) is 0.326. The van der Waals surface area contributed by atoms with Gasteiger partial charge in [-0.05, 0) is 86.0 Å². The SMILES string of the molecule is CCOc1cc(/C=C2\C(=O)NC(=O)N(c3ccc(F)cc3)C2=O)ccc1OCC(=O)Nc1cccc(C)c1C. The highest BCUT2D eigenvalue weighted by atomic mass is 19.1. The second kappa shape index (κ2) is 11.6. The Hall–Kier alpha value is -4.99. The number of urea groups is 1. The maximum absolute atomic E-state index is 13.3. The molecule has 5 amide bonds. The summed E-state index contributed by atoms with van der Waals surface area (Å²) in [5.41, 5.74) is 2.92. The van der Waals surface area contributed by atoms with Crippen molar-refractivity contribution in [1.82, 2.24) is 5.32 Å². The molecule has 3 aromatic carbocycles. The van der Waals surface area contributed by atoms with Gasteiger partial charge in [0.25, 0.3) is 17.7 Å². The fourth-order valence-corrected chi connectivity index (χ4v) is 3.87. The molecule has 0 bridgehead atoms. The molecule has 2 N–H and O–H groups in total. The van der Waals surface area contributed by atoms with E-state index in [4.69, 9.17) is 9.47 Å². The molecule has 0 atom stereocenters. The largest absolute Gasteiger partial charge is 0.490 e. The molecule has 3 aromatic rings. The molecule has 1 aliphatic rings. The van der Waals surface area contributed by atoms with E-state index in [2.05, 4.69) is 10.6 Å². The lowest BCUT2D eigenvalue weighted by atomic mass is 10.1. The molecule has 9 nitrogen and oxygen atoms in total. The topological polar surface area (TPSA) is 114 Å². The third kappa shape index (κ3) is 6.12. The molecule has 39 heavy (non-hydrogen) atoms. The summed E-state index contributed by atoms with van der Waals surface area (Å²) in [6.07, 6.45) is 1.31. The number of carbonyl (C=O) groups is 4. The van der Waals surface area contributed by atoms with Crippen molar-refractivity contribution < 1.29 is 33.0 Å². The monoisotopic (exact) mass is 531 g/mol. The van der Waals surface area contributed by atoms with Crippen molar-refractivity contribution in [2.75, 3.05) is 23.4 Å². The number of hydrogen-bond donors (Lipinski definition) is 2. The number of benzene rings is 3. The average Bonchev–Trinajstić information content (AvgIpc) is 2.90. The van der Waals surface area contributed by atoms with Gasteiger partial charge in [0.15, 0.2) is 18.1 Å². The van der Waals surface area contributed by atoms with Crippen molar-refractivity contribution in [3.8, 4) is 11.5 Å². The molecular weight excluding hydrogens is 505 g/mol. The number of hydrogen-bond acceptors (Lipinski definition) is 6. The Morgan fingerprint density at radius 2 is 1.74 bits per heavy atom. The summed E-state index contributed by atoms with van der Waals surface area (Å²) in [4.78, 5) is 51.1. The highest BCUT2D eigenvalue weighted by Crippen LogP contribution is 2.30. The highest BCUT2D eigenvalue weighted by Gasteiger charge is 2.36. The number of rotatable bonds is 8. The van der Waals surface area contributed by atoms with Crippen LogP contribution in [0.2, 0.25) is 0 Å². The lowest BCUT2D eigenvalue weighted by Crippen LogP contribution is -2.54. The van der Waals surface area contributed by atoms with E-state index < -0.39 is 23.7 Å². The van der Waals surface area contributed by atoms with Crippen LogP contribution in [0.3, 0.4) is 0 Å². The summed E-state index contributed by atoms with van der Waals surface area (Å²) >= 11 is 0. The number of nitrogens with zero attached hydrogens (tertiary/aromatic N) is 1. The minimum absolute atomic E-state index is 0.107. The van der Waals surface area contributed by atoms with Gasteiger partial charge in [0, 0.05) is 5.69 Å². The number of carbonyl (C=O) groups excluding carboxylic acids is 4. The molecule has 0 saturated carbocycles. The van der Waals surface area contributed by atoms with Crippen molar-refractivity contribution in [2.45, 2.75) is 20.8 Å². The standard InChI is InChI=1S/C29H26FN3O6/c1-4-38-25-15-19(8-13-24(25)39-16-26(34)31-23-7-5-6-17(2)18(23)3)14-22-27(35)32-29(37)33(28(22)36)21-11-9-20(30)10-12-21/h5-15H,4,16H2,1-3H3,(H,31,34)(H,32,35,37)/b22-14+. The van der Waals surface area contributed by atoms with Gasteiger partial charge in [0.2, 0.25) is 0 Å². The zero-order valence-electron chi connectivity index (χ0n) is 21.5. The predicted octanol–water partition coefficient (Wildman–Crippen LogP) is 4.53. The molecule has 1 heterocycles. The van der Waals surface area contributed by atoms with Crippen LogP contribution in [0.4, 0.5) is 20.6 Å². The Bertz CT molecular complexity index is 1480. The highest BCUT2D eigenvalue weighted by molar-refractivity contribution is 6.39. The molecule has 200 valence electrons. The van der Waals surface area contributed by atoms with Gasteiger partial charge in [0.1, 0.15) is 11.4 Å². The van der Waals surface area contributed by atoms with Gasteiger partial charge < -0.3 is 14.8 Å². The number of nitrogens with one attached hydrogen (secondary N) is 2. The van der Waals surface area contributed by atoms with E-state index >= 15 is 0 Å². The Kier molecular flexibility index (Phi) is 8.04. The van der Waals surface area contributed by atoms with Gasteiger partial charge in [-0.25, -0.2) is 14.1 Å². The zero-order chi connectivity index (χ0) is 28.1. The first kappa shape index (κ1) is 27.1. The number of ether oxygens (including phenoxy) is 2. The third-order valence-electron chi connectivity index (χ3n) is 6.00. The molecule has 1 fully saturated rings. The normalized spacial score (nSPS) is 14.3. The molecule has 0 unspecified atom stereocenters. The number of barbiturate groups is 1. The van der Waals surface area contributed by atoms with Crippen LogP contribution in [0.25, 0.3) is 6.08 Å². The van der Waals surface area contributed by atoms with E-state index in [9.17, 15) is 23.6 Å². The predicted molar refractivity (Wildman–Crippen MR) is 143 cm³/mol. The second-order valence-electron chi connectivity index (χ2n) is 8.66. The van der Waals surface area contributed by atoms with E-state index in [0.29, 0.717) is 17.0 Å². The van der Waals surface area contributed by atoms with Crippen molar-refractivity contribution in [2.24, 2.45) is 0 Å². The molecule has 1 aliphatic heterocycles. The molecule has 1 saturated heterocycles. The van der Waals surface area contributed by atoms with Crippen molar-refractivity contribution in [3.63, 3.8) is 0 Å². The Balaban J connectivity index is 1.53. The third-order valence-corrected chi connectivity index (χ3v) is 6.00. The van der Waals surface area contributed by atoms with Gasteiger partial charge in [0.05, 0.1) is 12.3 Å². The fourth-order valence-electron chi connectivity index (χ4n) is 3.87. The van der Waals surface area contributed by atoms with Crippen LogP contribution in [0.15, 0.2) is 66.2 Å². The smallest absolute Gasteiger partial charge is 0.335 e. The number of imide groups is 2. The molecule has 4 rings (SSSR count). The van der Waals surface area contributed by atoms with Gasteiger partial charge in [-0.2, -0.15) is 0 Å². The lowest BCUT2D eigenvalue weighted by Gasteiger charge is -2.26. The van der Waals surface area contributed by atoms with Crippen molar-refractivity contribution in [3.05, 3.63) is 88.7 Å². The van der Waals surface area contributed by atoms with Gasteiger partial charge in [-0.3, -0.25) is 19.7 Å². The first-order valence-corrected chi connectivity index (χ1v) is 12.1. The molecule has 0 aliphatic carbocycles. The molecule has 0 radical (unpaired) electrons. The first-order valence-electron chi connectivity index (χ1n) is 12.1. The van der Waals surface area contributed by atoms with Crippen LogP contribution < -0.4 is 25.0 Å². The van der Waals surface area contributed by atoms with Crippen molar-refractivity contribution in [1.29, 1.82) is 0 Å². The van der Waals surface area contributed by atoms with E-state index in [1.54, 1.807) is 25.1 Å². The van der Waals surface area contributed by atoms with E-state index in [1.807, 2.05) is 32.0 Å². The summed E-state index contributed by atoms with van der Waals surface area (Å²) in [5.74, 6) is -2.04. The number of amides is 5. The lowest BCUT2D eigenvalue weighted by molar-refractivity contribution is -0.122. The van der Waals surface area contributed by atoms with Crippen LogP contribution in [-0.2, 0) is 14.4 Å². The van der Waals surface area contributed by atoms with E-state index in [-0.39, 0.29) is 36.1 Å². The minimum Gasteiger partial charge on any atom is -0.490 e. The van der Waals surface area contributed by atoms with Gasteiger partial charge in [-0.15, -0.1) is 0 Å². The molecule has 10 heteroatoms. The summed E-state index contributed by atoms with van der Waals surface area (Å²) in [5, 5.41) is 4.94. The van der Waals surface area contributed by atoms with Crippen LogP contribution >= 0.6 is 0 Å². The van der Waals surface area contributed by atoms with E-state index in [1.165, 1.54) is 18.2 Å². The summed E-state index contributed by atoms with van der Waals surface area (Å²) in [7, 11) is 0. The van der Waals surface area contributed by atoms with Crippen LogP contribution in [-0.4, -0.2) is 37.0 Å². The maximum atomic E-state index is 13.3. The average molecular weight is 532 g/mol. The van der Waals surface area contributed by atoms with Crippen LogP contribution in [0, 0.1) is 19.7 Å².